The topological polar surface area (TPSA) is 86.5 Å². The molecule has 1 atom stereocenters. The molecule has 7 nitrogen and oxygen atoms in total. The van der Waals surface area contributed by atoms with Gasteiger partial charge in [-0.15, -0.1) is 0 Å². The first kappa shape index (κ1) is 20.7. The lowest BCUT2D eigenvalue weighted by Gasteiger charge is -2.18. The fraction of sp³-hybridized carbons (Fsp3) is 0.286. The van der Waals surface area contributed by atoms with Crippen molar-refractivity contribution in [1.29, 1.82) is 0 Å². The van der Waals surface area contributed by atoms with Gasteiger partial charge in [0.25, 0.3) is 5.91 Å². The zero-order valence-corrected chi connectivity index (χ0v) is 17.4. The molecule has 152 valence electrons. The number of nitrogens with one attached hydrogen (secondary N) is 1. The van der Waals surface area contributed by atoms with Crippen LogP contribution in [0, 0.1) is 5.92 Å². The molecule has 3 rings (SSSR count). The molecule has 0 saturated carbocycles. The summed E-state index contributed by atoms with van der Waals surface area (Å²) < 4.78 is 16.0. The summed E-state index contributed by atoms with van der Waals surface area (Å²) in [5, 5.41) is 7.37. The molecule has 29 heavy (non-hydrogen) atoms. The van der Waals surface area contributed by atoms with Crippen molar-refractivity contribution in [2.75, 3.05) is 14.2 Å². The molecule has 3 aromatic rings. The van der Waals surface area contributed by atoms with Gasteiger partial charge in [-0.3, -0.25) is 4.79 Å². The molecule has 0 aliphatic rings. The summed E-state index contributed by atoms with van der Waals surface area (Å²) in [6, 6.07) is 11.7. The van der Waals surface area contributed by atoms with Crippen molar-refractivity contribution in [2.24, 2.45) is 5.92 Å². The molecule has 0 aliphatic heterocycles. The highest BCUT2D eigenvalue weighted by molar-refractivity contribution is 6.33. The predicted molar refractivity (Wildman–Crippen MR) is 109 cm³/mol. The number of carbonyl (C=O) groups excluding carboxylic acids is 1. The Morgan fingerprint density at radius 2 is 1.83 bits per heavy atom. The van der Waals surface area contributed by atoms with Gasteiger partial charge in [0, 0.05) is 5.56 Å². The molecule has 0 unspecified atom stereocenters. The first-order valence-corrected chi connectivity index (χ1v) is 9.43. The number of amides is 1. The van der Waals surface area contributed by atoms with Gasteiger partial charge in [0.15, 0.2) is 11.5 Å². The van der Waals surface area contributed by atoms with Crippen LogP contribution in [0.25, 0.3) is 11.4 Å². The van der Waals surface area contributed by atoms with E-state index >= 15 is 0 Å². The van der Waals surface area contributed by atoms with Crippen molar-refractivity contribution in [1.82, 2.24) is 15.5 Å². The van der Waals surface area contributed by atoms with Crippen LogP contribution in [0.1, 0.15) is 36.1 Å². The summed E-state index contributed by atoms with van der Waals surface area (Å²) >= 11 is 6.13. The lowest BCUT2D eigenvalue weighted by Crippen LogP contribution is -2.32. The SMILES string of the molecule is COc1ccc(-c2noc([C@H](NC(=O)c3ccccc3Cl)C(C)C)n2)cc1OC. The third-order valence-electron chi connectivity index (χ3n) is 4.42. The van der Waals surface area contributed by atoms with Crippen LogP contribution in [0.4, 0.5) is 0 Å². The van der Waals surface area contributed by atoms with E-state index in [9.17, 15) is 4.79 Å². The second-order valence-corrected chi connectivity index (χ2v) is 7.11. The number of hydrogen-bond donors (Lipinski definition) is 1. The van der Waals surface area contributed by atoms with Crippen molar-refractivity contribution in [3.8, 4) is 22.9 Å². The van der Waals surface area contributed by atoms with Crippen LogP contribution in [0.5, 0.6) is 11.5 Å². The van der Waals surface area contributed by atoms with E-state index in [1.807, 2.05) is 19.9 Å². The molecule has 0 fully saturated rings. The van der Waals surface area contributed by atoms with Crippen LogP contribution in [-0.2, 0) is 0 Å². The van der Waals surface area contributed by atoms with E-state index in [1.165, 1.54) is 0 Å². The van der Waals surface area contributed by atoms with Gasteiger partial charge < -0.3 is 19.3 Å². The molecule has 1 aromatic heterocycles. The predicted octanol–water partition coefficient (Wildman–Crippen LogP) is 4.53. The van der Waals surface area contributed by atoms with E-state index in [1.54, 1.807) is 50.6 Å². The lowest BCUT2D eigenvalue weighted by molar-refractivity contribution is 0.0914. The second kappa shape index (κ2) is 8.96. The molecule has 0 spiro atoms. The van der Waals surface area contributed by atoms with Gasteiger partial charge in [-0.05, 0) is 36.2 Å². The Bertz CT molecular complexity index is 1000. The number of rotatable bonds is 7. The third-order valence-corrected chi connectivity index (χ3v) is 4.75. The Morgan fingerprint density at radius 3 is 2.48 bits per heavy atom. The standard InChI is InChI=1S/C21H22ClN3O4/c1-12(2)18(23-20(26)14-7-5-6-8-15(14)22)21-24-19(25-29-21)13-9-10-16(27-3)17(11-13)28-4/h5-12,18H,1-4H3,(H,23,26)/t18-/m1/s1. The Balaban J connectivity index is 1.86. The number of methoxy groups -OCH3 is 2. The molecular weight excluding hydrogens is 394 g/mol. The number of nitrogens with zero attached hydrogens (tertiary/aromatic N) is 2. The quantitative estimate of drug-likeness (QED) is 0.609. The molecule has 0 radical (unpaired) electrons. The molecule has 1 N–H and O–H groups in total. The van der Waals surface area contributed by atoms with E-state index in [2.05, 4.69) is 15.5 Å². The molecule has 0 bridgehead atoms. The van der Waals surface area contributed by atoms with Crippen LogP contribution in [0.3, 0.4) is 0 Å². The number of benzene rings is 2. The lowest BCUT2D eigenvalue weighted by atomic mass is 10.0. The summed E-state index contributed by atoms with van der Waals surface area (Å²) in [5.41, 5.74) is 1.09. The van der Waals surface area contributed by atoms with E-state index in [0.717, 1.165) is 0 Å². The molecule has 8 heteroatoms. The second-order valence-electron chi connectivity index (χ2n) is 6.70. The maximum absolute atomic E-state index is 12.7. The maximum atomic E-state index is 12.7. The highest BCUT2D eigenvalue weighted by Gasteiger charge is 2.26. The molecular formula is C21H22ClN3O4. The van der Waals surface area contributed by atoms with E-state index in [4.69, 9.17) is 25.6 Å². The van der Waals surface area contributed by atoms with Gasteiger partial charge in [-0.2, -0.15) is 4.98 Å². The first-order chi connectivity index (χ1) is 13.9. The van der Waals surface area contributed by atoms with Crippen LogP contribution in [-0.4, -0.2) is 30.3 Å². The maximum Gasteiger partial charge on any atom is 0.253 e. The molecule has 0 aliphatic carbocycles. The monoisotopic (exact) mass is 415 g/mol. The van der Waals surface area contributed by atoms with Crippen molar-refractivity contribution < 1.29 is 18.8 Å². The van der Waals surface area contributed by atoms with Crippen LogP contribution < -0.4 is 14.8 Å². The van der Waals surface area contributed by atoms with Gasteiger partial charge in [0.1, 0.15) is 6.04 Å². The largest absolute Gasteiger partial charge is 0.493 e. The Kier molecular flexibility index (Phi) is 6.39. The zero-order chi connectivity index (χ0) is 21.0. The van der Waals surface area contributed by atoms with Crippen LogP contribution >= 0.6 is 11.6 Å². The summed E-state index contributed by atoms with van der Waals surface area (Å²) in [5.74, 6) is 1.57. The number of aromatic nitrogens is 2. The van der Waals surface area contributed by atoms with Crippen molar-refractivity contribution >= 4 is 17.5 Å². The smallest absolute Gasteiger partial charge is 0.253 e. The number of hydrogen-bond acceptors (Lipinski definition) is 6. The summed E-state index contributed by atoms with van der Waals surface area (Å²) in [7, 11) is 3.13. The zero-order valence-electron chi connectivity index (χ0n) is 16.6. The minimum Gasteiger partial charge on any atom is -0.493 e. The molecule has 2 aromatic carbocycles. The number of carbonyl (C=O) groups is 1. The van der Waals surface area contributed by atoms with Gasteiger partial charge in [-0.1, -0.05) is 42.7 Å². The van der Waals surface area contributed by atoms with Crippen LogP contribution in [0.2, 0.25) is 5.02 Å². The van der Waals surface area contributed by atoms with Gasteiger partial charge in [0.2, 0.25) is 11.7 Å². The van der Waals surface area contributed by atoms with Gasteiger partial charge >= 0.3 is 0 Å². The Labute approximate surface area is 174 Å². The van der Waals surface area contributed by atoms with Crippen molar-refractivity contribution in [2.45, 2.75) is 19.9 Å². The average Bonchev–Trinajstić information content (AvgIpc) is 3.21. The van der Waals surface area contributed by atoms with E-state index in [-0.39, 0.29) is 11.8 Å². The third kappa shape index (κ3) is 4.51. The molecule has 0 saturated heterocycles. The fourth-order valence-electron chi connectivity index (χ4n) is 2.83. The minimum absolute atomic E-state index is 0.0140. The molecule has 1 heterocycles. The van der Waals surface area contributed by atoms with Crippen molar-refractivity contribution in [3.05, 3.63) is 58.9 Å². The van der Waals surface area contributed by atoms with Crippen molar-refractivity contribution in [3.63, 3.8) is 0 Å². The minimum atomic E-state index is -0.472. The Hall–Kier alpha value is -3.06. The average molecular weight is 416 g/mol. The summed E-state index contributed by atoms with van der Waals surface area (Å²) in [4.78, 5) is 17.1. The van der Waals surface area contributed by atoms with Gasteiger partial charge in [0.05, 0.1) is 24.8 Å². The first-order valence-electron chi connectivity index (χ1n) is 9.06. The van der Waals surface area contributed by atoms with E-state index < -0.39 is 6.04 Å². The van der Waals surface area contributed by atoms with Crippen LogP contribution in [0.15, 0.2) is 47.0 Å². The normalized spacial score (nSPS) is 11.9. The summed E-state index contributed by atoms with van der Waals surface area (Å²) in [6.07, 6.45) is 0. The molecule has 1 amide bonds. The fourth-order valence-corrected chi connectivity index (χ4v) is 3.05. The number of ether oxygens (including phenoxy) is 2. The highest BCUT2D eigenvalue weighted by Crippen LogP contribution is 2.32. The number of halogens is 1. The van der Waals surface area contributed by atoms with Gasteiger partial charge in [-0.25, -0.2) is 0 Å². The highest BCUT2D eigenvalue weighted by atomic mass is 35.5. The Morgan fingerprint density at radius 1 is 1.10 bits per heavy atom. The van der Waals surface area contributed by atoms with E-state index in [0.29, 0.717) is 39.4 Å². The summed E-state index contributed by atoms with van der Waals surface area (Å²) in [6.45, 7) is 3.91.